The number of aryl methyl sites for hydroxylation is 1. The van der Waals surface area contributed by atoms with Gasteiger partial charge >= 0.3 is 5.97 Å². The third kappa shape index (κ3) is 2.98. The molecule has 0 unspecified atom stereocenters. The van der Waals surface area contributed by atoms with Crippen LogP contribution in [0.5, 0.6) is 0 Å². The molecule has 2 fully saturated rings. The number of aliphatic carboxylic acids is 1. The highest BCUT2D eigenvalue weighted by Gasteiger charge is 2.37. The van der Waals surface area contributed by atoms with E-state index in [4.69, 9.17) is 7.85 Å². The minimum absolute atomic E-state index is 0.100. The van der Waals surface area contributed by atoms with E-state index in [-0.39, 0.29) is 11.7 Å². The molecule has 0 radical (unpaired) electrons. The first-order chi connectivity index (χ1) is 10.5. The molecule has 20 heavy (non-hydrogen) atoms. The van der Waals surface area contributed by atoms with Crippen LogP contribution in [-0.2, 0) is 11.2 Å². The number of hydrogen-bond donors (Lipinski definition) is 3. The van der Waals surface area contributed by atoms with Gasteiger partial charge in [0.1, 0.15) is 6.04 Å². The second-order valence-electron chi connectivity index (χ2n) is 5.85. The summed E-state index contributed by atoms with van der Waals surface area (Å²) in [7, 11) is 0. The number of aromatic nitrogens is 4. The Morgan fingerprint density at radius 1 is 1.40 bits per heavy atom. The molecule has 1 saturated carbocycles. The summed E-state index contributed by atoms with van der Waals surface area (Å²) in [5.74, 6) is 0.429. The monoisotopic (exact) mass is 281 g/mol. The molecular weight excluding hydrogens is 258 g/mol. The van der Waals surface area contributed by atoms with Crippen LogP contribution in [0.15, 0.2) is 0 Å². The first-order valence-electron chi connectivity index (χ1n) is 8.16. The number of tetrazole rings is 1. The molecule has 0 amide bonds. The number of aromatic amines is 1. The fourth-order valence-electron chi connectivity index (χ4n) is 3.51. The molecule has 1 aromatic rings. The van der Waals surface area contributed by atoms with E-state index < -0.39 is 18.4 Å². The van der Waals surface area contributed by atoms with Crippen molar-refractivity contribution in [3.63, 3.8) is 0 Å². The average molecular weight is 281 g/mol. The van der Waals surface area contributed by atoms with Crippen LogP contribution in [0.4, 0.5) is 0 Å². The smallest absolute Gasteiger partial charge is 0.320 e. The first-order valence-corrected chi connectivity index (χ1v) is 7.16. The van der Waals surface area contributed by atoms with Crippen molar-refractivity contribution >= 4 is 5.97 Å². The van der Waals surface area contributed by atoms with Crippen LogP contribution in [-0.4, -0.2) is 44.3 Å². The van der Waals surface area contributed by atoms with Crippen molar-refractivity contribution in [1.29, 1.82) is 0 Å². The highest BCUT2D eigenvalue weighted by atomic mass is 16.4. The van der Waals surface area contributed by atoms with Crippen LogP contribution >= 0.6 is 0 Å². The van der Waals surface area contributed by atoms with Crippen LogP contribution in [0.1, 0.15) is 40.7 Å². The van der Waals surface area contributed by atoms with Gasteiger partial charge in [-0.3, -0.25) is 4.79 Å². The summed E-state index contributed by atoms with van der Waals surface area (Å²) in [5.41, 5.74) is 0. The number of H-pyrrole nitrogens is 1. The second kappa shape index (κ2) is 5.87. The minimum atomic E-state index is -1.59. The maximum Gasteiger partial charge on any atom is 0.320 e. The lowest BCUT2D eigenvalue weighted by Gasteiger charge is -2.41. The zero-order valence-electron chi connectivity index (χ0n) is 13.2. The van der Waals surface area contributed by atoms with Crippen molar-refractivity contribution < 1.29 is 12.6 Å². The number of nitrogens with zero attached hydrogens (tertiary/aromatic N) is 3. The highest BCUT2D eigenvalue weighted by Crippen LogP contribution is 2.40. The molecule has 3 N–H and O–H groups in total. The first kappa shape index (κ1) is 11.2. The summed E-state index contributed by atoms with van der Waals surface area (Å²) in [6, 6.07) is -0.464. The Balaban J connectivity index is 1.61. The molecule has 1 aliphatic heterocycles. The van der Waals surface area contributed by atoms with Gasteiger partial charge in [-0.1, -0.05) is 11.6 Å². The third-order valence-electron chi connectivity index (χ3n) is 4.61. The van der Waals surface area contributed by atoms with E-state index in [1.165, 1.54) is 0 Å². The predicted octanol–water partition coefficient (Wildman–Crippen LogP) is 0.611. The summed E-state index contributed by atoms with van der Waals surface area (Å²) < 4.78 is 16.3. The van der Waals surface area contributed by atoms with Gasteiger partial charge in [-0.05, 0) is 50.0 Å². The molecule has 110 valence electrons. The highest BCUT2D eigenvalue weighted by molar-refractivity contribution is 5.73. The number of carboxylic acid groups (broad SMARTS) is 1. The van der Waals surface area contributed by atoms with E-state index >= 15 is 0 Å². The molecule has 2 heterocycles. The van der Waals surface area contributed by atoms with E-state index in [9.17, 15) is 4.79 Å². The fourth-order valence-corrected chi connectivity index (χ4v) is 3.51. The standard InChI is InChI=1S/C13H21N5O2/c19-13(20)11-6-10-5-8(1-3-9(10)7-14-11)2-4-12-15-17-18-16-12/h8-11,14H,1-7H2,(H,19,20)(H,15,16,17,18)/t8-,9+,10-,11+/m1/s1/i4D2. The van der Waals surface area contributed by atoms with E-state index in [0.29, 0.717) is 24.7 Å². The Labute approximate surface area is 120 Å². The van der Waals surface area contributed by atoms with Crippen LogP contribution in [0.2, 0.25) is 0 Å². The minimum Gasteiger partial charge on any atom is -0.480 e. The molecule has 0 spiro atoms. The quantitative estimate of drug-likeness (QED) is 0.747. The lowest BCUT2D eigenvalue weighted by atomic mass is 9.69. The summed E-state index contributed by atoms with van der Waals surface area (Å²) >= 11 is 0. The van der Waals surface area contributed by atoms with Gasteiger partial charge in [-0.2, -0.15) is 5.21 Å². The van der Waals surface area contributed by atoms with Gasteiger partial charge in [-0.25, -0.2) is 0 Å². The van der Waals surface area contributed by atoms with Gasteiger partial charge in [0.15, 0.2) is 5.82 Å². The molecule has 3 rings (SSSR count). The molecule has 0 bridgehead atoms. The second-order valence-corrected chi connectivity index (χ2v) is 5.85. The molecule has 1 saturated heterocycles. The van der Waals surface area contributed by atoms with Crippen molar-refractivity contribution in [2.24, 2.45) is 17.8 Å². The largest absolute Gasteiger partial charge is 0.480 e. The van der Waals surface area contributed by atoms with Gasteiger partial charge in [0.2, 0.25) is 0 Å². The van der Waals surface area contributed by atoms with Gasteiger partial charge in [-0.15, -0.1) is 10.2 Å². The van der Waals surface area contributed by atoms with Gasteiger partial charge in [0.25, 0.3) is 0 Å². The van der Waals surface area contributed by atoms with Gasteiger partial charge < -0.3 is 10.4 Å². The molecule has 1 aromatic heterocycles. The summed E-state index contributed by atoms with van der Waals surface area (Å²) in [6.07, 6.45) is 2.29. The number of carbonyl (C=O) groups is 1. The topological polar surface area (TPSA) is 104 Å². The van der Waals surface area contributed by atoms with Crippen LogP contribution in [0.3, 0.4) is 0 Å². The Morgan fingerprint density at radius 2 is 2.30 bits per heavy atom. The lowest BCUT2D eigenvalue weighted by molar-refractivity contribution is -0.141. The summed E-state index contributed by atoms with van der Waals surface area (Å²) in [6.45, 7) is 0.756. The maximum atomic E-state index is 11.1. The molecule has 7 heteroatoms. The van der Waals surface area contributed by atoms with E-state index in [1.54, 1.807) is 0 Å². The van der Waals surface area contributed by atoms with Crippen molar-refractivity contribution in [2.75, 3.05) is 6.54 Å². The van der Waals surface area contributed by atoms with Gasteiger partial charge in [0, 0.05) is 9.11 Å². The van der Waals surface area contributed by atoms with Crippen LogP contribution in [0, 0.1) is 17.8 Å². The van der Waals surface area contributed by atoms with Crippen molar-refractivity contribution in [3.8, 4) is 0 Å². The fraction of sp³-hybridized carbons (Fsp3) is 0.846. The number of nitrogens with one attached hydrogen (secondary N) is 2. The Morgan fingerprint density at radius 3 is 3.05 bits per heavy atom. The third-order valence-corrected chi connectivity index (χ3v) is 4.61. The molecule has 0 aromatic carbocycles. The Bertz CT molecular complexity index is 525. The van der Waals surface area contributed by atoms with Crippen molar-refractivity contribution in [2.45, 2.75) is 44.5 Å². The van der Waals surface area contributed by atoms with Crippen LogP contribution < -0.4 is 5.32 Å². The number of piperidine rings is 1. The number of fused-ring (bicyclic) bond motifs is 1. The lowest BCUT2D eigenvalue weighted by Crippen LogP contribution is -2.49. The van der Waals surface area contributed by atoms with Crippen molar-refractivity contribution in [3.05, 3.63) is 5.82 Å². The molecule has 1 aliphatic carbocycles. The molecule has 4 atom stereocenters. The van der Waals surface area contributed by atoms with E-state index in [1.807, 2.05) is 0 Å². The maximum absolute atomic E-state index is 11.1. The normalized spacial score (nSPS) is 35.8. The number of rotatable bonds is 4. The SMILES string of the molecule is [2H]C([2H])(C[C@H]1CC[C@H]2CN[C@H](C(=O)O)C[C@H]2C1)c1nn[nH]n1. The van der Waals surface area contributed by atoms with E-state index in [0.717, 1.165) is 25.8 Å². The summed E-state index contributed by atoms with van der Waals surface area (Å²) in [5, 5.41) is 25.5. The molecule has 7 nitrogen and oxygen atoms in total. The van der Waals surface area contributed by atoms with Crippen LogP contribution in [0.25, 0.3) is 0 Å². The zero-order valence-corrected chi connectivity index (χ0v) is 11.2. The van der Waals surface area contributed by atoms with E-state index in [2.05, 4.69) is 25.9 Å². The number of hydrogen-bond acceptors (Lipinski definition) is 5. The Hall–Kier alpha value is -1.50. The summed E-state index contributed by atoms with van der Waals surface area (Å²) in [4.78, 5) is 11.1. The van der Waals surface area contributed by atoms with Gasteiger partial charge in [0.05, 0.1) is 0 Å². The Kier molecular flexibility index (Phi) is 3.28. The van der Waals surface area contributed by atoms with Crippen molar-refractivity contribution in [1.82, 2.24) is 25.9 Å². The number of carboxylic acids is 1. The predicted molar refractivity (Wildman–Crippen MR) is 70.9 cm³/mol. The average Bonchev–Trinajstić information content (AvgIpc) is 3.01. The molecule has 2 aliphatic rings. The zero-order chi connectivity index (χ0) is 15.7. The molecular formula is C13H21N5O2.